The predicted octanol–water partition coefficient (Wildman–Crippen LogP) is 3.93. The van der Waals surface area contributed by atoms with E-state index in [1.165, 1.54) is 37.8 Å². The third kappa shape index (κ3) is 3.22. The molecular weight excluding hydrogens is 262 g/mol. The van der Waals surface area contributed by atoms with Gasteiger partial charge in [-0.15, -0.1) is 0 Å². The zero-order valence-corrected chi connectivity index (χ0v) is 13.7. The van der Waals surface area contributed by atoms with Crippen molar-refractivity contribution in [2.45, 2.75) is 71.8 Å². The van der Waals surface area contributed by atoms with E-state index in [-0.39, 0.29) is 17.9 Å². The maximum atomic E-state index is 12.1. The Labute approximate surface area is 128 Å². The highest BCUT2D eigenvalue weighted by molar-refractivity contribution is 6.13. The normalized spacial score (nSPS) is 32.4. The highest BCUT2D eigenvalue weighted by Crippen LogP contribution is 2.47. The molecule has 4 atom stereocenters. The standard InChI is InChI=1S/C18H29NO2/c1-4-7-13-12-16(19-17(20)10-11-18(19)21)15(9-6-3)14(13)8-5-2/h10-11,13-16H,4-9,12H2,1-3H3/t13-,14-,15-,16-/m0/s1. The molecule has 1 fully saturated rings. The molecule has 0 saturated heterocycles. The second-order valence-electron chi connectivity index (χ2n) is 6.64. The van der Waals surface area contributed by atoms with Crippen LogP contribution in [0.4, 0.5) is 0 Å². The predicted molar refractivity (Wildman–Crippen MR) is 84.6 cm³/mol. The van der Waals surface area contributed by atoms with E-state index in [2.05, 4.69) is 20.8 Å². The lowest BCUT2D eigenvalue weighted by molar-refractivity contribution is -0.140. The van der Waals surface area contributed by atoms with Crippen LogP contribution in [-0.2, 0) is 9.59 Å². The van der Waals surface area contributed by atoms with Crippen LogP contribution in [0, 0.1) is 17.8 Å². The molecule has 118 valence electrons. The minimum Gasteiger partial charge on any atom is -0.272 e. The first-order chi connectivity index (χ1) is 10.1. The summed E-state index contributed by atoms with van der Waals surface area (Å²) in [5.74, 6) is 1.66. The minimum absolute atomic E-state index is 0.0986. The van der Waals surface area contributed by atoms with Gasteiger partial charge in [-0.2, -0.15) is 0 Å². The molecular formula is C18H29NO2. The van der Waals surface area contributed by atoms with E-state index in [4.69, 9.17) is 0 Å². The molecule has 21 heavy (non-hydrogen) atoms. The van der Waals surface area contributed by atoms with Gasteiger partial charge in [0.1, 0.15) is 0 Å². The molecule has 2 aliphatic rings. The van der Waals surface area contributed by atoms with E-state index in [1.54, 1.807) is 4.90 Å². The van der Waals surface area contributed by atoms with Gasteiger partial charge in [-0.1, -0.05) is 52.9 Å². The zero-order valence-electron chi connectivity index (χ0n) is 13.7. The fourth-order valence-corrected chi connectivity index (χ4v) is 4.56. The van der Waals surface area contributed by atoms with E-state index in [1.807, 2.05) is 0 Å². The summed E-state index contributed by atoms with van der Waals surface area (Å²) >= 11 is 0. The van der Waals surface area contributed by atoms with Gasteiger partial charge in [0.2, 0.25) is 0 Å². The monoisotopic (exact) mass is 291 g/mol. The Morgan fingerprint density at radius 1 is 0.905 bits per heavy atom. The average Bonchev–Trinajstić information content (AvgIpc) is 2.94. The summed E-state index contributed by atoms with van der Waals surface area (Å²) in [5, 5.41) is 0. The van der Waals surface area contributed by atoms with E-state index in [0.717, 1.165) is 19.3 Å². The lowest BCUT2D eigenvalue weighted by Crippen LogP contribution is -2.43. The minimum atomic E-state index is -0.0986. The van der Waals surface area contributed by atoms with Crippen LogP contribution >= 0.6 is 0 Å². The molecule has 0 aromatic heterocycles. The van der Waals surface area contributed by atoms with Crippen molar-refractivity contribution in [3.05, 3.63) is 12.2 Å². The first-order valence-electron chi connectivity index (χ1n) is 8.69. The second kappa shape index (κ2) is 7.24. The molecule has 3 nitrogen and oxygen atoms in total. The van der Waals surface area contributed by atoms with Gasteiger partial charge in [-0.3, -0.25) is 14.5 Å². The lowest BCUT2D eigenvalue weighted by Gasteiger charge is -2.30. The summed E-state index contributed by atoms with van der Waals surface area (Å²) < 4.78 is 0. The summed E-state index contributed by atoms with van der Waals surface area (Å²) in [5.41, 5.74) is 0. The van der Waals surface area contributed by atoms with E-state index < -0.39 is 0 Å². The van der Waals surface area contributed by atoms with Crippen molar-refractivity contribution >= 4 is 11.8 Å². The number of carbonyl (C=O) groups excluding carboxylic acids is 2. The van der Waals surface area contributed by atoms with Crippen molar-refractivity contribution in [3.8, 4) is 0 Å². The van der Waals surface area contributed by atoms with Crippen LogP contribution in [0.5, 0.6) is 0 Å². The Morgan fingerprint density at radius 2 is 1.43 bits per heavy atom. The summed E-state index contributed by atoms with van der Waals surface area (Å²) in [4.78, 5) is 25.7. The Kier molecular flexibility index (Phi) is 5.60. The third-order valence-electron chi connectivity index (χ3n) is 5.27. The van der Waals surface area contributed by atoms with Gasteiger partial charge >= 0.3 is 0 Å². The first-order valence-corrected chi connectivity index (χ1v) is 8.69. The van der Waals surface area contributed by atoms with Gasteiger partial charge in [0.05, 0.1) is 0 Å². The zero-order chi connectivity index (χ0) is 15.4. The number of imide groups is 1. The molecule has 0 bridgehead atoms. The van der Waals surface area contributed by atoms with Gasteiger partial charge in [-0.25, -0.2) is 0 Å². The van der Waals surface area contributed by atoms with Gasteiger partial charge in [0, 0.05) is 18.2 Å². The highest BCUT2D eigenvalue weighted by atomic mass is 16.2. The summed E-state index contributed by atoms with van der Waals surface area (Å²) in [6, 6.07) is 0.132. The molecule has 0 N–H and O–H groups in total. The van der Waals surface area contributed by atoms with E-state index in [0.29, 0.717) is 17.8 Å². The molecule has 0 radical (unpaired) electrons. The van der Waals surface area contributed by atoms with Crippen LogP contribution in [0.3, 0.4) is 0 Å². The van der Waals surface area contributed by atoms with Crippen molar-refractivity contribution in [1.29, 1.82) is 0 Å². The van der Waals surface area contributed by atoms with Crippen LogP contribution in [-0.4, -0.2) is 22.8 Å². The van der Waals surface area contributed by atoms with Crippen LogP contribution < -0.4 is 0 Å². The van der Waals surface area contributed by atoms with Gasteiger partial charge in [0.25, 0.3) is 11.8 Å². The Hall–Kier alpha value is -1.12. The fraction of sp³-hybridized carbons (Fsp3) is 0.778. The number of carbonyl (C=O) groups is 2. The molecule has 1 aliphatic heterocycles. The molecule has 1 aliphatic carbocycles. The Bertz CT molecular complexity index is 397. The summed E-state index contributed by atoms with van der Waals surface area (Å²) in [7, 11) is 0. The molecule has 0 aromatic rings. The average molecular weight is 291 g/mol. The van der Waals surface area contributed by atoms with Crippen molar-refractivity contribution in [1.82, 2.24) is 4.90 Å². The number of hydrogen-bond donors (Lipinski definition) is 0. The fourth-order valence-electron chi connectivity index (χ4n) is 4.56. The van der Waals surface area contributed by atoms with E-state index >= 15 is 0 Å². The van der Waals surface area contributed by atoms with Crippen molar-refractivity contribution in [3.63, 3.8) is 0 Å². The molecule has 1 heterocycles. The van der Waals surface area contributed by atoms with Crippen molar-refractivity contribution < 1.29 is 9.59 Å². The van der Waals surface area contributed by atoms with Crippen LogP contribution in [0.2, 0.25) is 0 Å². The summed E-state index contributed by atoms with van der Waals surface area (Å²) in [6.45, 7) is 6.69. The summed E-state index contributed by atoms with van der Waals surface area (Å²) in [6.07, 6.45) is 11.0. The number of nitrogens with zero attached hydrogens (tertiary/aromatic N) is 1. The number of amides is 2. The van der Waals surface area contributed by atoms with E-state index in [9.17, 15) is 9.59 Å². The van der Waals surface area contributed by atoms with Crippen LogP contribution in [0.15, 0.2) is 12.2 Å². The molecule has 0 aromatic carbocycles. The maximum absolute atomic E-state index is 12.1. The Morgan fingerprint density at radius 3 is 1.95 bits per heavy atom. The largest absolute Gasteiger partial charge is 0.272 e. The number of hydrogen-bond acceptors (Lipinski definition) is 2. The third-order valence-corrected chi connectivity index (χ3v) is 5.27. The maximum Gasteiger partial charge on any atom is 0.253 e. The quantitative estimate of drug-likeness (QED) is 0.666. The SMILES string of the molecule is CCC[C@H]1C[C@H](N2C(=O)C=CC2=O)[C@@H](CCC)[C@H]1CCC. The molecule has 2 rings (SSSR count). The lowest BCUT2D eigenvalue weighted by atomic mass is 9.81. The Balaban J connectivity index is 2.22. The topological polar surface area (TPSA) is 37.4 Å². The molecule has 2 amide bonds. The molecule has 0 unspecified atom stereocenters. The molecule has 3 heteroatoms. The highest BCUT2D eigenvalue weighted by Gasteiger charge is 2.47. The van der Waals surface area contributed by atoms with Crippen molar-refractivity contribution in [2.24, 2.45) is 17.8 Å². The van der Waals surface area contributed by atoms with Gasteiger partial charge < -0.3 is 0 Å². The molecule has 0 spiro atoms. The van der Waals surface area contributed by atoms with Crippen LogP contribution in [0.1, 0.15) is 65.7 Å². The molecule has 1 saturated carbocycles. The first kappa shape index (κ1) is 16.3. The smallest absolute Gasteiger partial charge is 0.253 e. The van der Waals surface area contributed by atoms with Gasteiger partial charge in [0.15, 0.2) is 0 Å². The van der Waals surface area contributed by atoms with Gasteiger partial charge in [-0.05, 0) is 30.6 Å². The van der Waals surface area contributed by atoms with Crippen molar-refractivity contribution in [2.75, 3.05) is 0 Å². The van der Waals surface area contributed by atoms with Crippen LogP contribution in [0.25, 0.3) is 0 Å². The number of rotatable bonds is 7. The second-order valence-corrected chi connectivity index (χ2v) is 6.64.